The van der Waals surface area contributed by atoms with E-state index in [1.54, 1.807) is 0 Å². The van der Waals surface area contributed by atoms with E-state index >= 15 is 0 Å². The molecular formula is C40H36N2. The van der Waals surface area contributed by atoms with Crippen molar-refractivity contribution in [2.24, 2.45) is 0 Å². The maximum Gasteiger partial charge on any atom is 0.0991 e. The van der Waals surface area contributed by atoms with Gasteiger partial charge < -0.3 is 4.90 Å². The molecule has 3 aromatic carbocycles. The second-order valence-corrected chi connectivity index (χ2v) is 13.0. The number of hydrogen-bond donors (Lipinski definition) is 0. The van der Waals surface area contributed by atoms with E-state index in [0.29, 0.717) is 12.0 Å². The van der Waals surface area contributed by atoms with Crippen molar-refractivity contribution >= 4 is 11.3 Å². The minimum absolute atomic E-state index is 0.101. The Bertz CT molecular complexity index is 1810. The molecule has 1 heterocycles. The van der Waals surface area contributed by atoms with Gasteiger partial charge in [-0.05, 0) is 103 Å². The standard InChI is InChI=1S/C40H36N2/c1-27-14-17-29(18-15-27)40(35-12-6-4-10-31(35)33-24-28(26-41)16-20-36(33)40)30-19-21-38-34(25-30)32-11-5-7-13-37(32)42(38)39(2)22-8-3-9-23-39/h3,5-8,11-21,24-25,32,37H,4,9-10,22-23H2,1-2H3. The summed E-state index contributed by atoms with van der Waals surface area (Å²) in [7, 11) is 0. The molecule has 5 aliphatic rings. The van der Waals surface area contributed by atoms with Gasteiger partial charge in [-0.1, -0.05) is 96.6 Å². The number of nitriles is 1. The predicted molar refractivity (Wildman–Crippen MR) is 173 cm³/mol. The zero-order valence-corrected chi connectivity index (χ0v) is 24.5. The average Bonchev–Trinajstić information content (AvgIpc) is 3.52. The first kappa shape index (κ1) is 25.4. The lowest BCUT2D eigenvalue weighted by atomic mass is 9.65. The smallest absolute Gasteiger partial charge is 0.0991 e. The summed E-state index contributed by atoms with van der Waals surface area (Å²) in [5.41, 5.74) is 12.4. The van der Waals surface area contributed by atoms with Crippen molar-refractivity contribution in [2.75, 3.05) is 4.90 Å². The summed E-state index contributed by atoms with van der Waals surface area (Å²) in [6.07, 6.45) is 24.2. The number of aryl methyl sites for hydroxylation is 1. The highest BCUT2D eigenvalue weighted by atomic mass is 15.3. The summed E-state index contributed by atoms with van der Waals surface area (Å²) in [6.45, 7) is 4.62. The van der Waals surface area contributed by atoms with Crippen LogP contribution in [0.3, 0.4) is 0 Å². The Hall–Kier alpha value is -4.35. The first-order valence-corrected chi connectivity index (χ1v) is 15.5. The molecule has 0 saturated carbocycles. The van der Waals surface area contributed by atoms with Gasteiger partial charge in [0.05, 0.1) is 23.1 Å². The Balaban J connectivity index is 1.40. The minimum atomic E-state index is -0.424. The molecule has 0 N–H and O–H groups in total. The third-order valence-corrected chi connectivity index (χ3v) is 10.6. The second kappa shape index (κ2) is 9.33. The molecule has 0 bridgehead atoms. The molecular weight excluding hydrogens is 508 g/mol. The second-order valence-electron chi connectivity index (χ2n) is 13.0. The fourth-order valence-corrected chi connectivity index (χ4v) is 8.61. The van der Waals surface area contributed by atoms with E-state index in [-0.39, 0.29) is 5.54 Å². The molecule has 0 radical (unpaired) electrons. The lowest BCUT2D eigenvalue weighted by Gasteiger charge is -2.46. The number of anilines is 1. The van der Waals surface area contributed by atoms with Crippen LogP contribution in [0.2, 0.25) is 0 Å². The molecule has 2 nitrogen and oxygen atoms in total. The maximum absolute atomic E-state index is 9.83. The highest BCUT2D eigenvalue weighted by Crippen LogP contribution is 2.59. The van der Waals surface area contributed by atoms with Gasteiger partial charge in [0.25, 0.3) is 0 Å². The Morgan fingerprint density at radius 1 is 0.881 bits per heavy atom. The topological polar surface area (TPSA) is 27.0 Å². The molecule has 4 atom stereocenters. The van der Waals surface area contributed by atoms with Crippen LogP contribution in [0.15, 0.2) is 115 Å². The Morgan fingerprint density at radius 3 is 2.52 bits per heavy atom. The quantitative estimate of drug-likeness (QED) is 0.307. The van der Waals surface area contributed by atoms with E-state index in [1.165, 1.54) is 56.6 Å². The monoisotopic (exact) mass is 544 g/mol. The first-order chi connectivity index (χ1) is 20.5. The van der Waals surface area contributed by atoms with Gasteiger partial charge in [-0.15, -0.1) is 0 Å². The van der Waals surface area contributed by atoms with Crippen LogP contribution in [0.25, 0.3) is 5.57 Å². The third kappa shape index (κ3) is 3.43. The van der Waals surface area contributed by atoms with Gasteiger partial charge in [0.1, 0.15) is 0 Å². The van der Waals surface area contributed by atoms with Crippen LogP contribution < -0.4 is 4.90 Å². The molecule has 8 rings (SSSR count). The van der Waals surface area contributed by atoms with E-state index < -0.39 is 5.41 Å². The van der Waals surface area contributed by atoms with Crippen molar-refractivity contribution < 1.29 is 0 Å². The molecule has 4 aliphatic carbocycles. The zero-order valence-electron chi connectivity index (χ0n) is 24.5. The lowest BCUT2D eigenvalue weighted by Crippen LogP contribution is -2.51. The molecule has 0 saturated heterocycles. The van der Waals surface area contributed by atoms with Gasteiger partial charge >= 0.3 is 0 Å². The van der Waals surface area contributed by atoms with E-state index in [4.69, 9.17) is 0 Å². The van der Waals surface area contributed by atoms with Gasteiger partial charge in [0, 0.05) is 17.1 Å². The zero-order chi connectivity index (χ0) is 28.5. The minimum Gasteiger partial charge on any atom is -0.358 e. The highest BCUT2D eigenvalue weighted by Gasteiger charge is 2.50. The third-order valence-electron chi connectivity index (χ3n) is 10.6. The van der Waals surface area contributed by atoms with Gasteiger partial charge in [-0.3, -0.25) is 0 Å². The summed E-state index contributed by atoms with van der Waals surface area (Å²) in [5, 5.41) is 9.83. The molecule has 1 aliphatic heterocycles. The number of allylic oxidation sites excluding steroid dienone is 7. The number of hydrogen-bond acceptors (Lipinski definition) is 2. The Morgan fingerprint density at radius 2 is 1.71 bits per heavy atom. The lowest BCUT2D eigenvalue weighted by molar-refractivity contribution is 0.369. The Labute approximate surface area is 249 Å². The molecule has 0 spiro atoms. The number of benzene rings is 3. The summed E-state index contributed by atoms with van der Waals surface area (Å²) >= 11 is 0. The van der Waals surface area contributed by atoms with Crippen LogP contribution in [-0.4, -0.2) is 11.6 Å². The van der Waals surface area contributed by atoms with E-state index in [0.717, 1.165) is 31.2 Å². The molecule has 206 valence electrons. The molecule has 42 heavy (non-hydrogen) atoms. The van der Waals surface area contributed by atoms with Crippen LogP contribution in [0.4, 0.5) is 5.69 Å². The molecule has 4 unspecified atom stereocenters. The highest BCUT2D eigenvalue weighted by molar-refractivity contribution is 5.89. The molecule has 3 aromatic rings. The van der Waals surface area contributed by atoms with Crippen molar-refractivity contribution in [1.29, 1.82) is 5.26 Å². The Kier molecular flexibility index (Phi) is 5.64. The van der Waals surface area contributed by atoms with Gasteiger partial charge in [-0.25, -0.2) is 0 Å². The van der Waals surface area contributed by atoms with Crippen LogP contribution in [0, 0.1) is 18.3 Å². The van der Waals surface area contributed by atoms with Crippen molar-refractivity contribution in [3.8, 4) is 6.07 Å². The summed E-state index contributed by atoms with van der Waals surface area (Å²) < 4.78 is 0. The SMILES string of the molecule is Cc1ccc(C2(c3ccc4c(c3)C3C=CC=CC3N4C3(C)CC=CCC3)C3=C(CCC=C3)c3cc(C#N)ccc32)cc1. The molecule has 0 fully saturated rings. The van der Waals surface area contributed by atoms with E-state index in [1.807, 2.05) is 6.07 Å². The van der Waals surface area contributed by atoms with Crippen LogP contribution >= 0.6 is 0 Å². The number of nitrogens with zero attached hydrogens (tertiary/aromatic N) is 2. The summed E-state index contributed by atoms with van der Waals surface area (Å²) in [5.74, 6) is 0.333. The maximum atomic E-state index is 9.83. The fraction of sp³-hybridized carbons (Fsp3) is 0.275. The van der Waals surface area contributed by atoms with Crippen molar-refractivity contribution in [1.82, 2.24) is 0 Å². The molecule has 2 heteroatoms. The molecule has 0 amide bonds. The normalized spacial score (nSPS) is 28.4. The summed E-state index contributed by atoms with van der Waals surface area (Å²) in [4.78, 5) is 2.74. The van der Waals surface area contributed by atoms with Crippen LogP contribution in [0.5, 0.6) is 0 Å². The summed E-state index contributed by atoms with van der Waals surface area (Å²) in [6, 6.07) is 25.7. The fourth-order valence-electron chi connectivity index (χ4n) is 8.61. The largest absolute Gasteiger partial charge is 0.358 e. The van der Waals surface area contributed by atoms with E-state index in [9.17, 15) is 5.26 Å². The van der Waals surface area contributed by atoms with Gasteiger partial charge in [0.15, 0.2) is 0 Å². The number of rotatable bonds is 3. The van der Waals surface area contributed by atoms with Crippen molar-refractivity contribution in [3.63, 3.8) is 0 Å². The molecule has 0 aromatic heterocycles. The van der Waals surface area contributed by atoms with Crippen molar-refractivity contribution in [2.45, 2.75) is 68.9 Å². The first-order valence-electron chi connectivity index (χ1n) is 15.5. The van der Waals surface area contributed by atoms with Gasteiger partial charge in [-0.2, -0.15) is 5.26 Å². The predicted octanol–water partition coefficient (Wildman–Crippen LogP) is 9.22. The van der Waals surface area contributed by atoms with E-state index in [2.05, 4.69) is 128 Å². The number of fused-ring (bicyclic) bond motifs is 5. The average molecular weight is 545 g/mol. The van der Waals surface area contributed by atoms with Gasteiger partial charge in [0.2, 0.25) is 0 Å². The van der Waals surface area contributed by atoms with Crippen LogP contribution in [0.1, 0.15) is 83.9 Å². The van der Waals surface area contributed by atoms with Crippen LogP contribution in [-0.2, 0) is 5.41 Å². The van der Waals surface area contributed by atoms with Crippen molar-refractivity contribution in [3.05, 3.63) is 154 Å².